The van der Waals surface area contributed by atoms with Crippen molar-refractivity contribution in [2.75, 3.05) is 7.11 Å². The van der Waals surface area contributed by atoms with Gasteiger partial charge in [0.25, 0.3) is 0 Å². The number of carbonyl (C=O) groups is 3. The van der Waals surface area contributed by atoms with Crippen molar-refractivity contribution in [3.8, 4) is 5.75 Å². The van der Waals surface area contributed by atoms with E-state index < -0.39 is 17.6 Å². The highest BCUT2D eigenvalue weighted by Crippen LogP contribution is 2.26. The summed E-state index contributed by atoms with van der Waals surface area (Å²) in [6.07, 6.45) is 0.107. The molecule has 1 heterocycles. The summed E-state index contributed by atoms with van der Waals surface area (Å²) in [4.78, 5) is 37.4. The highest BCUT2D eigenvalue weighted by Gasteiger charge is 2.40. The van der Waals surface area contributed by atoms with Gasteiger partial charge in [0, 0.05) is 12.0 Å². The topological polar surface area (TPSA) is 72.5 Å². The van der Waals surface area contributed by atoms with Crippen molar-refractivity contribution in [3.63, 3.8) is 0 Å². The molecule has 2 aromatic rings. The van der Waals surface area contributed by atoms with Crippen LogP contribution in [0.3, 0.4) is 0 Å². The van der Waals surface area contributed by atoms with E-state index in [1.165, 1.54) is 13.2 Å². The molecule has 3 rings (SSSR count). The molecule has 0 spiro atoms. The monoisotopic (exact) mass is 323 g/mol. The summed E-state index contributed by atoms with van der Waals surface area (Å²) in [5.74, 6) is -2.19. The second-order valence-corrected chi connectivity index (χ2v) is 5.67. The number of benzene rings is 2. The number of ether oxygens (including phenoxy) is 1. The van der Waals surface area contributed by atoms with Crippen LogP contribution in [0.5, 0.6) is 5.75 Å². The van der Waals surface area contributed by atoms with E-state index >= 15 is 0 Å². The first-order valence-electron chi connectivity index (χ1n) is 7.66. The molecule has 1 aliphatic rings. The first kappa shape index (κ1) is 15.9. The molecule has 2 unspecified atom stereocenters. The zero-order valence-electron chi connectivity index (χ0n) is 13.2. The highest BCUT2D eigenvalue weighted by molar-refractivity contribution is 6.24. The lowest BCUT2D eigenvalue weighted by atomic mass is 9.84. The standard InChI is InChI=1S/C19H17NO4/c1-24-14-9-5-8-13(10-14)18(22)17-16(21)11-15(20-19(17)23)12-6-3-2-4-7-12/h2-10,15,17H,11H2,1H3,(H,20,23). The summed E-state index contributed by atoms with van der Waals surface area (Å²) in [5, 5.41) is 2.78. The molecular weight excluding hydrogens is 306 g/mol. The van der Waals surface area contributed by atoms with E-state index in [1.807, 2.05) is 30.3 Å². The number of ketones is 2. The lowest BCUT2D eigenvalue weighted by Gasteiger charge is -2.27. The first-order chi connectivity index (χ1) is 11.6. The van der Waals surface area contributed by atoms with Crippen molar-refractivity contribution in [2.24, 2.45) is 5.92 Å². The number of Topliss-reactive ketones (excluding diaryl/α,β-unsaturated/α-hetero) is 2. The third-order valence-electron chi connectivity index (χ3n) is 4.12. The molecule has 0 bridgehead atoms. The third kappa shape index (κ3) is 3.06. The van der Waals surface area contributed by atoms with Crippen LogP contribution in [-0.4, -0.2) is 24.6 Å². The molecule has 0 aromatic heterocycles. The summed E-state index contributed by atoms with van der Waals surface area (Å²) < 4.78 is 5.08. The van der Waals surface area contributed by atoms with E-state index in [4.69, 9.17) is 4.74 Å². The van der Waals surface area contributed by atoms with Crippen LogP contribution >= 0.6 is 0 Å². The van der Waals surface area contributed by atoms with Gasteiger partial charge in [0.15, 0.2) is 17.5 Å². The van der Waals surface area contributed by atoms with Gasteiger partial charge in [-0.2, -0.15) is 0 Å². The number of rotatable bonds is 4. The van der Waals surface area contributed by atoms with Gasteiger partial charge >= 0.3 is 0 Å². The molecule has 0 radical (unpaired) electrons. The Morgan fingerprint density at radius 2 is 1.83 bits per heavy atom. The average Bonchev–Trinajstić information content (AvgIpc) is 2.61. The van der Waals surface area contributed by atoms with Gasteiger partial charge in [0.1, 0.15) is 5.75 Å². The number of nitrogens with one attached hydrogen (secondary N) is 1. The second kappa shape index (κ2) is 6.66. The van der Waals surface area contributed by atoms with Gasteiger partial charge in [-0.1, -0.05) is 42.5 Å². The number of hydrogen-bond donors (Lipinski definition) is 1. The Labute approximate surface area is 139 Å². The predicted octanol–water partition coefficient (Wildman–Crippen LogP) is 2.32. The number of piperidine rings is 1. The molecule has 5 heteroatoms. The van der Waals surface area contributed by atoms with E-state index in [1.54, 1.807) is 18.2 Å². The van der Waals surface area contributed by atoms with E-state index in [0.717, 1.165) is 5.56 Å². The largest absolute Gasteiger partial charge is 0.497 e. The molecule has 0 saturated carbocycles. The Bertz CT molecular complexity index is 767. The van der Waals surface area contributed by atoms with Gasteiger partial charge in [0.05, 0.1) is 13.2 Å². The lowest BCUT2D eigenvalue weighted by Crippen LogP contribution is -2.47. The van der Waals surface area contributed by atoms with Crippen LogP contribution in [0.2, 0.25) is 0 Å². The normalized spacial score (nSPS) is 20.4. The van der Waals surface area contributed by atoms with E-state index in [0.29, 0.717) is 11.3 Å². The fraction of sp³-hybridized carbons (Fsp3) is 0.211. The summed E-state index contributed by atoms with van der Waals surface area (Å²) in [7, 11) is 1.49. The minimum Gasteiger partial charge on any atom is -0.497 e. The molecular formula is C19H17NO4. The maximum atomic E-state index is 12.6. The van der Waals surface area contributed by atoms with Crippen LogP contribution < -0.4 is 10.1 Å². The molecule has 1 fully saturated rings. The van der Waals surface area contributed by atoms with Crippen LogP contribution in [0, 0.1) is 5.92 Å². The minimum atomic E-state index is -1.29. The van der Waals surface area contributed by atoms with E-state index in [-0.39, 0.29) is 18.2 Å². The lowest BCUT2D eigenvalue weighted by molar-refractivity contribution is -0.136. The Kier molecular flexibility index (Phi) is 4.42. The highest BCUT2D eigenvalue weighted by atomic mass is 16.5. The van der Waals surface area contributed by atoms with E-state index in [2.05, 4.69) is 5.32 Å². The Balaban J connectivity index is 1.81. The number of amides is 1. The molecule has 2 atom stereocenters. The van der Waals surface area contributed by atoms with Gasteiger partial charge < -0.3 is 10.1 Å². The number of hydrogen-bond acceptors (Lipinski definition) is 4. The SMILES string of the molecule is COc1cccc(C(=O)C2C(=O)CC(c3ccccc3)NC2=O)c1. The predicted molar refractivity (Wildman–Crippen MR) is 87.8 cm³/mol. The molecule has 2 aromatic carbocycles. The van der Waals surface area contributed by atoms with Crippen molar-refractivity contribution >= 4 is 17.5 Å². The van der Waals surface area contributed by atoms with Crippen molar-refractivity contribution < 1.29 is 19.1 Å². The maximum Gasteiger partial charge on any atom is 0.239 e. The zero-order valence-corrected chi connectivity index (χ0v) is 13.2. The fourth-order valence-electron chi connectivity index (χ4n) is 2.87. The summed E-state index contributed by atoms with van der Waals surface area (Å²) >= 11 is 0. The Hall–Kier alpha value is -2.95. The summed E-state index contributed by atoms with van der Waals surface area (Å²) in [6, 6.07) is 15.3. The van der Waals surface area contributed by atoms with Gasteiger partial charge in [-0.15, -0.1) is 0 Å². The van der Waals surface area contributed by atoms with Crippen LogP contribution in [0.1, 0.15) is 28.4 Å². The van der Waals surface area contributed by atoms with Gasteiger partial charge in [-0.25, -0.2) is 0 Å². The van der Waals surface area contributed by atoms with Crippen LogP contribution in [-0.2, 0) is 9.59 Å². The van der Waals surface area contributed by atoms with E-state index in [9.17, 15) is 14.4 Å². The third-order valence-corrected chi connectivity index (χ3v) is 4.12. The van der Waals surface area contributed by atoms with Gasteiger partial charge in [-0.3, -0.25) is 14.4 Å². The smallest absolute Gasteiger partial charge is 0.239 e. The molecule has 122 valence electrons. The van der Waals surface area contributed by atoms with Crippen LogP contribution in [0.15, 0.2) is 54.6 Å². The second-order valence-electron chi connectivity index (χ2n) is 5.67. The van der Waals surface area contributed by atoms with Gasteiger partial charge in [0.2, 0.25) is 5.91 Å². The average molecular weight is 323 g/mol. The molecule has 5 nitrogen and oxygen atoms in total. The Morgan fingerprint density at radius 3 is 2.50 bits per heavy atom. The molecule has 1 saturated heterocycles. The van der Waals surface area contributed by atoms with Gasteiger partial charge in [-0.05, 0) is 17.7 Å². The Morgan fingerprint density at radius 1 is 1.08 bits per heavy atom. The quantitative estimate of drug-likeness (QED) is 0.692. The fourth-order valence-corrected chi connectivity index (χ4v) is 2.87. The molecule has 24 heavy (non-hydrogen) atoms. The maximum absolute atomic E-state index is 12.6. The number of methoxy groups -OCH3 is 1. The molecule has 1 amide bonds. The van der Waals surface area contributed by atoms with Crippen molar-refractivity contribution in [2.45, 2.75) is 12.5 Å². The summed E-state index contributed by atoms with van der Waals surface area (Å²) in [5.41, 5.74) is 1.15. The molecule has 1 aliphatic heterocycles. The van der Waals surface area contributed by atoms with Crippen molar-refractivity contribution in [3.05, 3.63) is 65.7 Å². The van der Waals surface area contributed by atoms with Crippen LogP contribution in [0.25, 0.3) is 0 Å². The van der Waals surface area contributed by atoms with Crippen molar-refractivity contribution in [1.82, 2.24) is 5.32 Å². The minimum absolute atomic E-state index is 0.107. The number of carbonyl (C=O) groups excluding carboxylic acids is 3. The zero-order chi connectivity index (χ0) is 17.1. The summed E-state index contributed by atoms with van der Waals surface area (Å²) in [6.45, 7) is 0. The first-order valence-corrected chi connectivity index (χ1v) is 7.66. The van der Waals surface area contributed by atoms with Crippen LogP contribution in [0.4, 0.5) is 0 Å². The van der Waals surface area contributed by atoms with Crippen molar-refractivity contribution in [1.29, 1.82) is 0 Å². The molecule has 1 N–H and O–H groups in total. The molecule has 0 aliphatic carbocycles.